The molecule has 0 aliphatic carbocycles. The van der Waals surface area contributed by atoms with Gasteiger partial charge in [0.1, 0.15) is 42.3 Å². The van der Waals surface area contributed by atoms with E-state index in [4.69, 9.17) is 16.4 Å². The van der Waals surface area contributed by atoms with E-state index < -0.39 is 27.4 Å². The molecule has 0 amide bonds. The molecule has 0 spiro atoms. The van der Waals surface area contributed by atoms with E-state index in [1.54, 1.807) is 48.4 Å². The molecule has 6 nitrogen and oxygen atoms in total. The predicted octanol–water partition coefficient (Wildman–Crippen LogP) is 18.3. The molecule has 0 aliphatic rings. The third kappa shape index (κ3) is 18.1. The Hall–Kier alpha value is -9.78. The van der Waals surface area contributed by atoms with Crippen molar-refractivity contribution in [3.05, 3.63) is 320 Å². The van der Waals surface area contributed by atoms with Crippen molar-refractivity contribution >= 4 is 0 Å². The van der Waals surface area contributed by atoms with Crippen LogP contribution in [0, 0.1) is 117 Å². The summed E-state index contributed by atoms with van der Waals surface area (Å²) in [6.45, 7) is 18.4. The van der Waals surface area contributed by atoms with E-state index in [0.29, 0.717) is 22.4 Å². The zero-order chi connectivity index (χ0) is 79.4. The third-order valence-electron chi connectivity index (χ3n) is 17.8. The summed E-state index contributed by atoms with van der Waals surface area (Å²) >= 11 is 0. The molecule has 12 rings (SSSR count). The van der Waals surface area contributed by atoms with Crippen molar-refractivity contribution in [3.8, 4) is 67.5 Å². The van der Waals surface area contributed by atoms with E-state index in [1.165, 1.54) is 67.0 Å². The summed E-state index contributed by atoms with van der Waals surface area (Å²) in [7, 11) is 11.7. The molecular formula is C89H106N6+6. The molecule has 0 atom stereocenters. The second kappa shape index (κ2) is 33.4. The summed E-state index contributed by atoms with van der Waals surface area (Å²) < 4.78 is 103. The van der Waals surface area contributed by atoms with Crippen molar-refractivity contribution in [2.45, 2.75) is 117 Å². The van der Waals surface area contributed by atoms with Gasteiger partial charge in [0.25, 0.3) is 0 Å². The quantitative estimate of drug-likeness (QED) is 0.148. The number of benzene rings is 6. The summed E-state index contributed by atoms with van der Waals surface area (Å²) in [5.74, 6) is 0. The molecule has 486 valence electrons. The van der Waals surface area contributed by atoms with E-state index >= 15 is 0 Å². The van der Waals surface area contributed by atoms with Gasteiger partial charge in [-0.1, -0.05) is 109 Å². The molecule has 0 fully saturated rings. The number of hydrogen-bond acceptors (Lipinski definition) is 0. The Kier molecular flexibility index (Phi) is 19.9. The largest absolute Gasteiger partial charge is 0.215 e. The van der Waals surface area contributed by atoms with Gasteiger partial charge in [0.15, 0.2) is 36.7 Å². The Morgan fingerprint density at radius 2 is 0.653 bits per heavy atom. The topological polar surface area (TPSA) is 23.3 Å². The van der Waals surface area contributed by atoms with E-state index in [1.807, 2.05) is 142 Å². The minimum atomic E-state index is -2.09. The molecule has 95 heavy (non-hydrogen) atoms. The van der Waals surface area contributed by atoms with Gasteiger partial charge in [-0.2, -0.15) is 4.57 Å². The zero-order valence-corrected chi connectivity index (χ0v) is 59.5. The first-order valence-electron chi connectivity index (χ1n) is 38.3. The summed E-state index contributed by atoms with van der Waals surface area (Å²) in [5.41, 5.74) is 30.4. The summed E-state index contributed by atoms with van der Waals surface area (Å²) in [5, 5.41) is 0. The zero-order valence-electron chi connectivity index (χ0n) is 71.5. The highest BCUT2D eigenvalue weighted by Crippen LogP contribution is 2.29. The maximum atomic E-state index is 7.64. The van der Waals surface area contributed by atoms with Crippen molar-refractivity contribution in [1.29, 1.82) is 0 Å². The van der Waals surface area contributed by atoms with E-state index in [9.17, 15) is 0 Å². The van der Waals surface area contributed by atoms with Gasteiger partial charge >= 0.3 is 0 Å². The van der Waals surface area contributed by atoms with E-state index in [0.717, 1.165) is 72.8 Å². The van der Waals surface area contributed by atoms with Gasteiger partial charge in [-0.25, -0.2) is 22.8 Å². The third-order valence-corrected chi connectivity index (χ3v) is 17.8. The van der Waals surface area contributed by atoms with Crippen molar-refractivity contribution in [1.82, 2.24) is 0 Å². The Morgan fingerprint density at radius 1 is 0.242 bits per heavy atom. The van der Waals surface area contributed by atoms with Crippen molar-refractivity contribution in [2.75, 3.05) is 0 Å². The average Bonchev–Trinajstić information content (AvgIpc) is 0.792. The SMILES string of the molecule is Cc1ccccc1-c1c(C)c(C)cc[n+]1C.Cc1ccccc1-c1c(C)ccc[n+]1C.[2H]C([2H])([2H])c1c[n+](C)c(-c2ccccc2C)c(C)c1C.[2H]C([2H])([2H])c1c[n+](C)c(-c2ccccc2C)cc1C.[2H]C([2H])([2H])c1cc(C)c(-c2ccccc2C)[n+](C)c1.[2H]C([2H])([2H])c1cccc(-c2ccccc2C)[n+]1C. The summed E-state index contributed by atoms with van der Waals surface area (Å²) in [6.07, 6.45) is 9.36. The second-order valence-electron chi connectivity index (χ2n) is 25.0. The summed E-state index contributed by atoms with van der Waals surface area (Å²) in [4.78, 5) is 0. The molecule has 0 N–H and O–H groups in total. The first-order valence-corrected chi connectivity index (χ1v) is 32.3. The van der Waals surface area contributed by atoms with Crippen LogP contribution in [0.1, 0.15) is 111 Å². The average molecular weight is 1270 g/mol. The van der Waals surface area contributed by atoms with Crippen LogP contribution in [0.25, 0.3) is 67.5 Å². The van der Waals surface area contributed by atoms with Gasteiger partial charge in [-0.3, -0.25) is 0 Å². The fourth-order valence-electron chi connectivity index (χ4n) is 12.0. The Balaban J connectivity index is 0.000000179. The normalized spacial score (nSPS) is 12.9. The second-order valence-corrected chi connectivity index (χ2v) is 25.0. The van der Waals surface area contributed by atoms with Gasteiger partial charge in [0.05, 0.1) is 0 Å². The highest BCUT2D eigenvalue weighted by atomic mass is 15.0. The molecule has 12 aromatic rings. The molecule has 6 heteroatoms. The van der Waals surface area contributed by atoms with Gasteiger partial charge in [-0.05, 0) is 215 Å². The maximum Gasteiger partial charge on any atom is 0.215 e. The maximum absolute atomic E-state index is 7.64. The van der Waals surface area contributed by atoms with Gasteiger partial charge < -0.3 is 0 Å². The minimum absolute atomic E-state index is 0.350. The van der Waals surface area contributed by atoms with Crippen LogP contribution in [-0.4, -0.2) is 0 Å². The van der Waals surface area contributed by atoms with Crippen LogP contribution >= 0.6 is 0 Å². The predicted molar refractivity (Wildman–Crippen MR) is 399 cm³/mol. The number of aromatic nitrogens is 6. The first kappa shape index (κ1) is 56.7. The highest BCUT2D eigenvalue weighted by Gasteiger charge is 2.21. The van der Waals surface area contributed by atoms with E-state index in [-0.39, 0.29) is 0 Å². The lowest BCUT2D eigenvalue weighted by Gasteiger charge is -2.10. The van der Waals surface area contributed by atoms with E-state index in [2.05, 4.69) is 194 Å². The standard InChI is InChI=1S/C16H20N.3C15H18N.2C14H16N/c1-11-8-6-7-9-15(11)16-14(4)13(3)12(2)10-17(16)5;1-11-9-13(3)15(16(4)10-11)14-8-6-5-7-12(14)2;1-11-7-5-6-8-14(11)15-9-12(2)13(3)10-16(15)4;1-11-9-10-16(4)15(13(11)3)14-8-6-5-7-12(14)2;1-11-7-4-5-9-13(11)14-12(2)8-6-10-15(14)3;1-11-7-4-5-9-13(11)14-10-6-8-12(2)15(14)3/h6-10H,1-5H3;3*5-10H,1-4H3;2*4-10H,1-3H3/q6*+1/i2D3;1D3;3D3;;;2D3. The monoisotopic (exact) mass is 1270 g/mol. The fourth-order valence-corrected chi connectivity index (χ4v) is 12.0. The number of aryl methyl sites for hydroxylation is 19. The van der Waals surface area contributed by atoms with Crippen LogP contribution in [0.15, 0.2) is 225 Å². The minimum Gasteiger partial charge on any atom is -0.201 e. The Morgan fingerprint density at radius 3 is 1.11 bits per heavy atom. The van der Waals surface area contributed by atoms with Crippen LogP contribution in [0.5, 0.6) is 0 Å². The molecule has 0 unspecified atom stereocenters. The smallest absolute Gasteiger partial charge is 0.201 e. The molecule has 0 saturated heterocycles. The molecule has 6 heterocycles. The van der Waals surface area contributed by atoms with Crippen molar-refractivity contribution in [3.63, 3.8) is 0 Å². The lowest BCUT2D eigenvalue weighted by Crippen LogP contribution is -2.34. The summed E-state index contributed by atoms with van der Waals surface area (Å²) in [6, 6.07) is 64.9. The molecule has 0 aliphatic heterocycles. The van der Waals surface area contributed by atoms with Crippen LogP contribution in [0.2, 0.25) is 0 Å². The molecule has 0 bridgehead atoms. The number of hydrogen-bond donors (Lipinski definition) is 0. The van der Waals surface area contributed by atoms with Gasteiger partial charge in [0, 0.05) is 126 Å². The highest BCUT2D eigenvalue weighted by molar-refractivity contribution is 5.68. The molecule has 6 aromatic heterocycles. The molecule has 0 radical (unpaired) electrons. The molecular weight excluding hydrogens is 1150 g/mol. The first-order chi connectivity index (χ1) is 50.1. The number of nitrogens with zero attached hydrogens (tertiary/aromatic N) is 6. The number of pyridine rings is 6. The van der Waals surface area contributed by atoms with Crippen LogP contribution < -0.4 is 27.4 Å². The van der Waals surface area contributed by atoms with Crippen molar-refractivity contribution < 1.29 is 43.9 Å². The number of rotatable bonds is 6. The molecule has 0 saturated carbocycles. The van der Waals surface area contributed by atoms with Crippen LogP contribution in [0.4, 0.5) is 0 Å². The van der Waals surface area contributed by atoms with Crippen LogP contribution in [0.3, 0.4) is 0 Å². The Labute approximate surface area is 588 Å². The van der Waals surface area contributed by atoms with Gasteiger partial charge in [-0.15, -0.1) is 0 Å². The lowest BCUT2D eigenvalue weighted by atomic mass is 9.97. The fraction of sp³-hybridized carbons (Fsp3) is 0.258. The van der Waals surface area contributed by atoms with Crippen molar-refractivity contribution in [2.24, 2.45) is 42.3 Å². The van der Waals surface area contributed by atoms with Gasteiger partial charge in [0.2, 0.25) is 34.2 Å². The van der Waals surface area contributed by atoms with Crippen LogP contribution in [-0.2, 0) is 42.3 Å². The molecule has 6 aromatic carbocycles. The Bertz CT molecular complexity index is 5080. The lowest BCUT2D eigenvalue weighted by molar-refractivity contribution is -0.666.